The van der Waals surface area contributed by atoms with E-state index in [4.69, 9.17) is 17.3 Å². The molecule has 32 heavy (non-hydrogen) atoms. The highest BCUT2D eigenvalue weighted by molar-refractivity contribution is 6.31. The Labute approximate surface area is 189 Å². The van der Waals surface area contributed by atoms with Crippen molar-refractivity contribution >= 4 is 34.2 Å². The van der Waals surface area contributed by atoms with Crippen LogP contribution in [0.3, 0.4) is 0 Å². The zero-order valence-electron chi connectivity index (χ0n) is 17.9. The largest absolute Gasteiger partial charge is 0.384 e. The molecule has 0 atom stereocenters. The number of nitrogens with one attached hydrogen (secondary N) is 1. The van der Waals surface area contributed by atoms with E-state index in [2.05, 4.69) is 20.4 Å². The minimum atomic E-state index is -0.431. The Kier molecular flexibility index (Phi) is 5.80. The van der Waals surface area contributed by atoms with Crippen molar-refractivity contribution in [3.8, 4) is 0 Å². The fraction of sp³-hybridized carbons (Fsp3) is 0.217. The number of nitrogens with zero attached hydrogens (tertiary/aromatic N) is 4. The topological polar surface area (TPSA) is 98.7 Å². The number of aryl methyl sites for hydroxylation is 2. The highest BCUT2D eigenvalue weighted by atomic mass is 35.5. The average molecular weight is 453 g/mol. The highest BCUT2D eigenvalue weighted by Gasteiger charge is 2.16. The molecule has 0 aliphatic carbocycles. The van der Waals surface area contributed by atoms with E-state index >= 15 is 0 Å². The Morgan fingerprint density at radius 2 is 1.97 bits per heavy atom. The molecule has 4 aromatic rings. The summed E-state index contributed by atoms with van der Waals surface area (Å²) < 4.78 is 16.1. The van der Waals surface area contributed by atoms with Crippen LogP contribution in [0.2, 0.25) is 5.02 Å². The lowest BCUT2D eigenvalue weighted by atomic mass is 10.1. The van der Waals surface area contributed by atoms with Crippen molar-refractivity contribution in [2.24, 2.45) is 0 Å². The molecule has 0 aliphatic rings. The lowest BCUT2D eigenvalue weighted by Crippen LogP contribution is -2.24. The quantitative estimate of drug-likeness (QED) is 0.475. The maximum Gasteiger partial charge on any atom is 0.255 e. The highest BCUT2D eigenvalue weighted by Crippen LogP contribution is 2.22. The second-order valence-electron chi connectivity index (χ2n) is 7.71. The number of hydrogen-bond acceptors (Lipinski definition) is 5. The maximum absolute atomic E-state index is 14.5. The third kappa shape index (κ3) is 4.27. The minimum Gasteiger partial charge on any atom is -0.384 e. The lowest BCUT2D eigenvalue weighted by molar-refractivity contribution is 0.0950. The second kappa shape index (κ2) is 8.55. The van der Waals surface area contributed by atoms with Crippen LogP contribution in [-0.2, 0) is 13.1 Å². The summed E-state index contributed by atoms with van der Waals surface area (Å²) in [5, 5.41) is 8.29. The third-order valence-corrected chi connectivity index (χ3v) is 5.65. The van der Waals surface area contributed by atoms with E-state index < -0.39 is 5.82 Å². The van der Waals surface area contributed by atoms with Gasteiger partial charge in [0.2, 0.25) is 0 Å². The van der Waals surface area contributed by atoms with Crippen LogP contribution in [0, 0.1) is 26.6 Å². The van der Waals surface area contributed by atoms with Gasteiger partial charge in [0, 0.05) is 29.5 Å². The van der Waals surface area contributed by atoms with Crippen molar-refractivity contribution in [1.29, 1.82) is 0 Å². The van der Waals surface area contributed by atoms with Crippen molar-refractivity contribution in [2.45, 2.75) is 33.9 Å². The van der Waals surface area contributed by atoms with Crippen LogP contribution in [0.25, 0.3) is 10.9 Å². The Bertz CT molecular complexity index is 1330. The van der Waals surface area contributed by atoms with E-state index in [-0.39, 0.29) is 11.4 Å². The molecule has 7 nitrogen and oxygen atoms in total. The van der Waals surface area contributed by atoms with Crippen LogP contribution in [0.5, 0.6) is 0 Å². The van der Waals surface area contributed by atoms with Crippen LogP contribution < -0.4 is 11.1 Å². The van der Waals surface area contributed by atoms with E-state index in [1.807, 2.05) is 19.9 Å². The van der Waals surface area contributed by atoms with Gasteiger partial charge in [-0.25, -0.2) is 9.37 Å². The molecule has 4 rings (SSSR count). The van der Waals surface area contributed by atoms with Gasteiger partial charge in [-0.05, 0) is 61.7 Å². The summed E-state index contributed by atoms with van der Waals surface area (Å²) in [7, 11) is 0. The molecular weight excluding hydrogens is 431 g/mol. The van der Waals surface area contributed by atoms with Crippen LogP contribution in [0.4, 0.5) is 10.2 Å². The number of amides is 1. The molecule has 0 saturated carbocycles. The molecule has 3 heterocycles. The fourth-order valence-electron chi connectivity index (χ4n) is 3.75. The molecule has 1 aromatic carbocycles. The van der Waals surface area contributed by atoms with Crippen LogP contribution in [-0.4, -0.2) is 25.7 Å². The minimum absolute atomic E-state index is 0.245. The van der Waals surface area contributed by atoms with Crippen molar-refractivity contribution in [3.63, 3.8) is 0 Å². The van der Waals surface area contributed by atoms with Gasteiger partial charge >= 0.3 is 0 Å². The Morgan fingerprint density at radius 3 is 2.72 bits per heavy atom. The monoisotopic (exact) mass is 452 g/mol. The zero-order valence-corrected chi connectivity index (χ0v) is 18.7. The molecule has 9 heteroatoms. The molecule has 0 unspecified atom stereocenters. The SMILES string of the molecule is Cc1cc(N)nc(C)c1CNC(=O)c1cnn(Cc2cc(F)c3ncc(Cl)cc3c2)c1C. The van der Waals surface area contributed by atoms with E-state index in [1.165, 1.54) is 18.5 Å². The number of fused-ring (bicyclic) bond motifs is 1. The first-order valence-corrected chi connectivity index (χ1v) is 10.4. The Morgan fingerprint density at radius 1 is 1.19 bits per heavy atom. The van der Waals surface area contributed by atoms with Crippen molar-refractivity contribution in [1.82, 2.24) is 25.1 Å². The molecule has 1 amide bonds. The number of benzene rings is 1. The number of nitrogen functional groups attached to an aromatic ring is 1. The van der Waals surface area contributed by atoms with Gasteiger partial charge in [-0.15, -0.1) is 0 Å². The summed E-state index contributed by atoms with van der Waals surface area (Å²) in [4.78, 5) is 21.1. The van der Waals surface area contributed by atoms with Gasteiger partial charge in [-0.1, -0.05) is 11.6 Å². The summed E-state index contributed by atoms with van der Waals surface area (Å²) in [6.45, 7) is 6.23. The number of pyridine rings is 2. The number of hydrogen-bond donors (Lipinski definition) is 2. The van der Waals surface area contributed by atoms with Gasteiger partial charge in [0.15, 0.2) is 0 Å². The van der Waals surface area contributed by atoms with E-state index in [1.54, 1.807) is 23.7 Å². The summed E-state index contributed by atoms with van der Waals surface area (Å²) in [5.41, 5.74) is 10.5. The number of rotatable bonds is 5. The first-order valence-electron chi connectivity index (χ1n) is 10.00. The van der Waals surface area contributed by atoms with Crippen LogP contribution in [0.15, 0.2) is 36.7 Å². The smallest absolute Gasteiger partial charge is 0.255 e. The normalized spacial score (nSPS) is 11.2. The van der Waals surface area contributed by atoms with Crippen molar-refractivity contribution in [2.75, 3.05) is 5.73 Å². The maximum atomic E-state index is 14.5. The van der Waals surface area contributed by atoms with Gasteiger partial charge in [0.1, 0.15) is 17.2 Å². The number of halogens is 2. The van der Waals surface area contributed by atoms with E-state index in [0.29, 0.717) is 46.1 Å². The molecule has 3 N–H and O–H groups in total. The summed E-state index contributed by atoms with van der Waals surface area (Å²) in [6.07, 6.45) is 2.93. The third-order valence-electron chi connectivity index (χ3n) is 5.44. The van der Waals surface area contributed by atoms with Crippen LogP contribution >= 0.6 is 11.6 Å². The molecule has 0 aliphatic heterocycles. The van der Waals surface area contributed by atoms with Gasteiger partial charge < -0.3 is 11.1 Å². The first-order chi connectivity index (χ1) is 15.2. The van der Waals surface area contributed by atoms with Crippen molar-refractivity contribution < 1.29 is 9.18 Å². The fourth-order valence-corrected chi connectivity index (χ4v) is 3.92. The lowest BCUT2D eigenvalue weighted by Gasteiger charge is -2.11. The number of nitrogens with two attached hydrogens (primary N) is 1. The molecule has 0 saturated heterocycles. The molecule has 0 spiro atoms. The molecule has 0 radical (unpaired) electrons. The van der Waals surface area contributed by atoms with Gasteiger partial charge in [-0.3, -0.25) is 14.5 Å². The number of carbonyl (C=O) groups is 1. The molecule has 3 aromatic heterocycles. The molecule has 0 bridgehead atoms. The summed E-state index contributed by atoms with van der Waals surface area (Å²) >= 11 is 5.99. The predicted octanol–water partition coefficient (Wildman–Crippen LogP) is 4.10. The standard InChI is InChI=1S/C23H22ClFN6O/c1-12-4-21(26)30-13(2)18(12)9-28-23(32)19-10-29-31(14(19)3)11-15-5-16-7-17(24)8-27-22(16)20(25)6-15/h4-8,10H,9,11H2,1-3H3,(H2,26,30)(H,28,32). The zero-order chi connectivity index (χ0) is 23.0. The van der Waals surface area contributed by atoms with E-state index in [0.717, 1.165) is 16.8 Å². The van der Waals surface area contributed by atoms with E-state index in [9.17, 15) is 9.18 Å². The average Bonchev–Trinajstić information content (AvgIpc) is 3.07. The van der Waals surface area contributed by atoms with Crippen molar-refractivity contribution in [3.05, 3.63) is 81.1 Å². The summed E-state index contributed by atoms with van der Waals surface area (Å²) in [6, 6.07) is 6.69. The summed E-state index contributed by atoms with van der Waals surface area (Å²) in [5.74, 6) is -0.222. The number of anilines is 1. The Balaban J connectivity index is 1.52. The Hall–Kier alpha value is -3.52. The van der Waals surface area contributed by atoms with Gasteiger partial charge in [0.05, 0.1) is 23.3 Å². The van der Waals surface area contributed by atoms with Gasteiger partial charge in [-0.2, -0.15) is 5.10 Å². The molecule has 164 valence electrons. The number of carbonyl (C=O) groups excluding carboxylic acids is 1. The number of aromatic nitrogens is 4. The van der Waals surface area contributed by atoms with Crippen LogP contribution in [0.1, 0.15) is 38.4 Å². The first kappa shape index (κ1) is 21.7. The molecular formula is C23H22ClFN6O. The molecule has 0 fully saturated rings. The van der Waals surface area contributed by atoms with Gasteiger partial charge in [0.25, 0.3) is 5.91 Å². The predicted molar refractivity (Wildman–Crippen MR) is 122 cm³/mol. The second-order valence-corrected chi connectivity index (χ2v) is 8.15.